The minimum absolute atomic E-state index is 0.0369. The number of amides is 1. The Morgan fingerprint density at radius 3 is 2.56 bits per heavy atom. The Morgan fingerprint density at radius 1 is 1.33 bits per heavy atom. The summed E-state index contributed by atoms with van der Waals surface area (Å²) in [6.07, 6.45) is 4.07. The molecule has 1 aromatic carbocycles. The zero-order valence-corrected chi connectivity index (χ0v) is 11.1. The predicted molar refractivity (Wildman–Crippen MR) is 72.2 cm³/mol. The SMILES string of the molecule is CSC1CCN(C(=O)c2ccc(O)cc2O)CC1. The fourth-order valence-electron chi connectivity index (χ4n) is 2.17. The van der Waals surface area contributed by atoms with Gasteiger partial charge in [-0.25, -0.2) is 0 Å². The van der Waals surface area contributed by atoms with Gasteiger partial charge in [0.1, 0.15) is 11.5 Å². The van der Waals surface area contributed by atoms with Crippen molar-refractivity contribution in [2.24, 2.45) is 0 Å². The second kappa shape index (κ2) is 5.52. The molecule has 98 valence electrons. The molecular weight excluding hydrogens is 250 g/mol. The number of hydrogen-bond donors (Lipinski definition) is 2. The van der Waals surface area contributed by atoms with Gasteiger partial charge in [0.05, 0.1) is 5.56 Å². The first-order valence-corrected chi connectivity index (χ1v) is 7.24. The zero-order valence-electron chi connectivity index (χ0n) is 10.3. The third kappa shape index (κ3) is 2.72. The number of likely N-dealkylation sites (tertiary alicyclic amines) is 1. The first-order chi connectivity index (χ1) is 8.61. The predicted octanol–water partition coefficient (Wildman–Crippen LogP) is 2.07. The summed E-state index contributed by atoms with van der Waals surface area (Å²) < 4.78 is 0. The molecule has 0 spiro atoms. The average molecular weight is 267 g/mol. The number of benzene rings is 1. The fourth-order valence-corrected chi connectivity index (χ4v) is 2.85. The second-order valence-electron chi connectivity index (χ2n) is 4.43. The second-order valence-corrected chi connectivity index (χ2v) is 5.57. The van der Waals surface area contributed by atoms with Crippen LogP contribution in [0.1, 0.15) is 23.2 Å². The third-order valence-corrected chi connectivity index (χ3v) is 4.41. The van der Waals surface area contributed by atoms with E-state index in [9.17, 15) is 15.0 Å². The molecule has 1 aliphatic rings. The Labute approximate surface area is 111 Å². The van der Waals surface area contributed by atoms with Crippen LogP contribution in [0.5, 0.6) is 11.5 Å². The number of thioether (sulfide) groups is 1. The van der Waals surface area contributed by atoms with Crippen LogP contribution in [-0.4, -0.2) is 45.6 Å². The number of aromatic hydroxyl groups is 2. The number of piperidine rings is 1. The van der Waals surface area contributed by atoms with Gasteiger partial charge < -0.3 is 15.1 Å². The Morgan fingerprint density at radius 2 is 2.00 bits per heavy atom. The summed E-state index contributed by atoms with van der Waals surface area (Å²) in [6, 6.07) is 4.08. The van der Waals surface area contributed by atoms with E-state index in [1.807, 2.05) is 11.8 Å². The fraction of sp³-hybridized carbons (Fsp3) is 0.462. The van der Waals surface area contributed by atoms with Crippen molar-refractivity contribution >= 4 is 17.7 Å². The Hall–Kier alpha value is -1.36. The minimum atomic E-state index is -0.160. The molecule has 18 heavy (non-hydrogen) atoms. The van der Waals surface area contributed by atoms with Crippen LogP contribution in [0.3, 0.4) is 0 Å². The minimum Gasteiger partial charge on any atom is -0.508 e. The lowest BCUT2D eigenvalue weighted by atomic mass is 10.1. The molecule has 0 bridgehead atoms. The van der Waals surface area contributed by atoms with Crippen molar-refractivity contribution in [3.63, 3.8) is 0 Å². The summed E-state index contributed by atoms with van der Waals surface area (Å²) >= 11 is 1.84. The highest BCUT2D eigenvalue weighted by Crippen LogP contribution is 2.26. The van der Waals surface area contributed by atoms with Gasteiger partial charge in [-0.15, -0.1) is 0 Å². The molecule has 1 aromatic rings. The Kier molecular flexibility index (Phi) is 4.01. The van der Waals surface area contributed by atoms with Crippen LogP contribution in [0.4, 0.5) is 0 Å². The van der Waals surface area contributed by atoms with Gasteiger partial charge in [-0.1, -0.05) is 0 Å². The summed E-state index contributed by atoms with van der Waals surface area (Å²) in [5.41, 5.74) is 0.260. The van der Waals surface area contributed by atoms with E-state index in [0.717, 1.165) is 25.9 Å². The van der Waals surface area contributed by atoms with Gasteiger partial charge in [0.25, 0.3) is 5.91 Å². The number of nitrogens with zero attached hydrogens (tertiary/aromatic N) is 1. The van der Waals surface area contributed by atoms with E-state index in [2.05, 4.69) is 6.26 Å². The quantitative estimate of drug-likeness (QED) is 0.861. The van der Waals surface area contributed by atoms with E-state index < -0.39 is 0 Å². The van der Waals surface area contributed by atoms with Crippen molar-refractivity contribution in [3.05, 3.63) is 23.8 Å². The van der Waals surface area contributed by atoms with Crippen molar-refractivity contribution in [3.8, 4) is 11.5 Å². The first-order valence-electron chi connectivity index (χ1n) is 5.96. The van der Waals surface area contributed by atoms with E-state index in [4.69, 9.17) is 0 Å². The maximum absolute atomic E-state index is 12.2. The van der Waals surface area contributed by atoms with Crippen molar-refractivity contribution in [2.75, 3.05) is 19.3 Å². The molecule has 4 nitrogen and oxygen atoms in total. The molecule has 0 saturated carbocycles. The van der Waals surface area contributed by atoms with Gasteiger partial charge in [-0.05, 0) is 31.2 Å². The highest BCUT2D eigenvalue weighted by molar-refractivity contribution is 7.99. The Bertz CT molecular complexity index is 442. The number of phenols is 2. The molecule has 0 aromatic heterocycles. The van der Waals surface area contributed by atoms with E-state index in [0.29, 0.717) is 5.25 Å². The van der Waals surface area contributed by atoms with Crippen LogP contribution in [0.2, 0.25) is 0 Å². The summed E-state index contributed by atoms with van der Waals surface area (Å²) in [4.78, 5) is 14.0. The Balaban J connectivity index is 2.08. The molecule has 1 amide bonds. The summed E-state index contributed by atoms with van der Waals surface area (Å²) in [5, 5.41) is 19.5. The lowest BCUT2D eigenvalue weighted by Gasteiger charge is -2.31. The summed E-state index contributed by atoms with van der Waals surface area (Å²) in [6.45, 7) is 1.45. The van der Waals surface area contributed by atoms with Gasteiger partial charge in [0, 0.05) is 24.4 Å². The molecule has 2 N–H and O–H groups in total. The van der Waals surface area contributed by atoms with Crippen LogP contribution in [0.25, 0.3) is 0 Å². The van der Waals surface area contributed by atoms with Crippen molar-refractivity contribution in [1.29, 1.82) is 0 Å². The molecule has 1 fully saturated rings. The van der Waals surface area contributed by atoms with Crippen molar-refractivity contribution in [1.82, 2.24) is 4.90 Å². The number of phenolic OH excluding ortho intramolecular Hbond substituents is 2. The van der Waals surface area contributed by atoms with Crippen LogP contribution in [0, 0.1) is 0 Å². The van der Waals surface area contributed by atoms with E-state index in [-0.39, 0.29) is 23.0 Å². The maximum atomic E-state index is 12.2. The number of hydrogen-bond acceptors (Lipinski definition) is 4. The molecule has 0 unspecified atom stereocenters. The molecule has 5 heteroatoms. The summed E-state index contributed by atoms with van der Waals surface area (Å²) in [7, 11) is 0. The molecule has 1 aliphatic heterocycles. The van der Waals surface area contributed by atoms with Gasteiger partial charge >= 0.3 is 0 Å². The van der Waals surface area contributed by atoms with Gasteiger partial charge in [-0.3, -0.25) is 4.79 Å². The first kappa shape index (κ1) is 13.1. The van der Waals surface area contributed by atoms with Crippen molar-refractivity contribution < 1.29 is 15.0 Å². The smallest absolute Gasteiger partial charge is 0.257 e. The van der Waals surface area contributed by atoms with E-state index in [1.54, 1.807) is 4.90 Å². The van der Waals surface area contributed by atoms with Crippen molar-refractivity contribution in [2.45, 2.75) is 18.1 Å². The van der Waals surface area contributed by atoms with E-state index >= 15 is 0 Å². The van der Waals surface area contributed by atoms with Crippen LogP contribution >= 0.6 is 11.8 Å². The van der Waals surface area contributed by atoms with E-state index in [1.165, 1.54) is 18.2 Å². The molecule has 0 aliphatic carbocycles. The highest BCUT2D eigenvalue weighted by Gasteiger charge is 2.24. The number of rotatable bonds is 2. The molecule has 2 rings (SSSR count). The van der Waals surface area contributed by atoms with Crippen LogP contribution in [0.15, 0.2) is 18.2 Å². The van der Waals surface area contributed by atoms with Gasteiger partial charge in [-0.2, -0.15) is 11.8 Å². The highest BCUT2D eigenvalue weighted by atomic mass is 32.2. The topological polar surface area (TPSA) is 60.8 Å². The molecule has 1 saturated heterocycles. The molecule has 0 radical (unpaired) electrons. The third-order valence-electron chi connectivity index (χ3n) is 3.27. The number of carbonyl (C=O) groups excluding carboxylic acids is 1. The molecule has 1 heterocycles. The molecule has 0 atom stereocenters. The average Bonchev–Trinajstić information content (AvgIpc) is 2.38. The van der Waals surface area contributed by atoms with Crippen LogP contribution in [-0.2, 0) is 0 Å². The van der Waals surface area contributed by atoms with Gasteiger partial charge in [0.2, 0.25) is 0 Å². The van der Waals surface area contributed by atoms with Gasteiger partial charge in [0.15, 0.2) is 0 Å². The molecular formula is C13H17NO3S. The monoisotopic (exact) mass is 267 g/mol. The number of carbonyl (C=O) groups is 1. The lowest BCUT2D eigenvalue weighted by Crippen LogP contribution is -2.39. The normalized spacial score (nSPS) is 16.8. The van der Waals surface area contributed by atoms with Crippen LogP contribution < -0.4 is 0 Å². The largest absolute Gasteiger partial charge is 0.508 e. The summed E-state index contributed by atoms with van der Waals surface area (Å²) in [5.74, 6) is -0.357. The standard InChI is InChI=1S/C13H17NO3S/c1-18-10-4-6-14(7-5-10)13(17)11-3-2-9(15)8-12(11)16/h2-3,8,10,15-16H,4-7H2,1H3. The lowest BCUT2D eigenvalue weighted by molar-refractivity contribution is 0.0724. The maximum Gasteiger partial charge on any atom is 0.257 e. The zero-order chi connectivity index (χ0) is 13.1.